The third-order valence-corrected chi connectivity index (χ3v) is 5.72. The maximum absolute atomic E-state index is 14.6. The van der Waals surface area contributed by atoms with Crippen molar-refractivity contribution in [3.63, 3.8) is 0 Å². The number of nitriles is 1. The molecule has 1 aromatic carbocycles. The summed E-state index contributed by atoms with van der Waals surface area (Å²) in [6, 6.07) is 3.94. The monoisotopic (exact) mass is 486 g/mol. The van der Waals surface area contributed by atoms with E-state index in [9.17, 15) is 22.4 Å². The molecular formula is C24H22F4N6O. The van der Waals surface area contributed by atoms with Crippen LogP contribution in [0.2, 0.25) is 0 Å². The van der Waals surface area contributed by atoms with Crippen LogP contribution in [0.1, 0.15) is 43.0 Å². The molecular weight excluding hydrogens is 464 g/mol. The summed E-state index contributed by atoms with van der Waals surface area (Å²) in [5, 5.41) is 15.6. The molecule has 35 heavy (non-hydrogen) atoms. The number of aryl methyl sites for hydroxylation is 1. The number of aromatic nitrogens is 2. The summed E-state index contributed by atoms with van der Waals surface area (Å²) in [7, 11) is 0. The zero-order valence-corrected chi connectivity index (χ0v) is 19.0. The second-order valence-corrected chi connectivity index (χ2v) is 8.40. The number of carbonyl (C=O) groups is 1. The molecule has 2 aromatic rings. The zero-order chi connectivity index (χ0) is 25.3. The molecule has 2 aliphatic heterocycles. The van der Waals surface area contributed by atoms with Gasteiger partial charge in [0, 0.05) is 35.6 Å². The number of hydrogen-bond acceptors (Lipinski definition) is 5. The molecule has 0 bridgehead atoms. The number of amides is 1. The first-order valence-electron chi connectivity index (χ1n) is 10.9. The fourth-order valence-electron chi connectivity index (χ4n) is 4.04. The van der Waals surface area contributed by atoms with Gasteiger partial charge in [-0.15, -0.1) is 0 Å². The molecule has 0 aliphatic carbocycles. The molecule has 2 atom stereocenters. The van der Waals surface area contributed by atoms with Crippen molar-refractivity contribution in [1.82, 2.24) is 20.0 Å². The lowest BCUT2D eigenvalue weighted by atomic mass is 10.00. The van der Waals surface area contributed by atoms with Crippen molar-refractivity contribution in [2.24, 2.45) is 4.99 Å². The lowest BCUT2D eigenvalue weighted by Crippen LogP contribution is -2.37. The first-order valence-corrected chi connectivity index (χ1v) is 10.9. The molecule has 0 fully saturated rings. The maximum Gasteiger partial charge on any atom is 0.419 e. The van der Waals surface area contributed by atoms with E-state index in [2.05, 4.69) is 21.5 Å². The number of fused-ring (bicyclic) bond motifs is 1. The Balaban J connectivity index is 1.61. The van der Waals surface area contributed by atoms with Gasteiger partial charge in [0.2, 0.25) is 0 Å². The predicted molar refractivity (Wildman–Crippen MR) is 120 cm³/mol. The summed E-state index contributed by atoms with van der Waals surface area (Å²) >= 11 is 0. The molecule has 1 N–H and O–H groups in total. The van der Waals surface area contributed by atoms with E-state index in [-0.39, 0.29) is 17.2 Å². The molecule has 0 saturated carbocycles. The second-order valence-electron chi connectivity index (χ2n) is 8.40. The van der Waals surface area contributed by atoms with Crippen molar-refractivity contribution in [3.8, 4) is 6.07 Å². The number of alkyl halides is 3. The Labute approximate surface area is 199 Å². The van der Waals surface area contributed by atoms with E-state index >= 15 is 0 Å². The van der Waals surface area contributed by atoms with Gasteiger partial charge in [-0.2, -0.15) is 23.5 Å². The van der Waals surface area contributed by atoms with E-state index in [1.54, 1.807) is 23.2 Å². The quantitative estimate of drug-likeness (QED) is 0.620. The number of allylic oxidation sites excluding steroid dienone is 2. The summed E-state index contributed by atoms with van der Waals surface area (Å²) in [5.74, 6) is -1.56. The van der Waals surface area contributed by atoms with E-state index in [0.717, 1.165) is 11.6 Å². The van der Waals surface area contributed by atoms with Crippen LogP contribution in [0.3, 0.4) is 0 Å². The molecule has 2 aliphatic rings. The normalized spacial score (nSPS) is 18.3. The van der Waals surface area contributed by atoms with Gasteiger partial charge in [-0.1, -0.05) is 12.1 Å². The number of hydrogen-bond donors (Lipinski definition) is 1. The smallest absolute Gasteiger partial charge is 0.345 e. The topological polar surface area (TPSA) is 86.3 Å². The van der Waals surface area contributed by atoms with E-state index in [0.29, 0.717) is 37.0 Å². The largest absolute Gasteiger partial charge is 0.419 e. The molecule has 1 aromatic heterocycles. The van der Waals surface area contributed by atoms with Crippen LogP contribution in [0.4, 0.5) is 17.6 Å². The molecule has 0 radical (unpaired) electrons. The average molecular weight is 486 g/mol. The van der Waals surface area contributed by atoms with E-state index in [4.69, 9.17) is 5.26 Å². The van der Waals surface area contributed by atoms with Crippen LogP contribution in [-0.4, -0.2) is 39.0 Å². The molecule has 182 valence electrons. The predicted octanol–water partition coefficient (Wildman–Crippen LogP) is 4.22. The molecule has 0 saturated heterocycles. The summed E-state index contributed by atoms with van der Waals surface area (Å²) in [4.78, 5) is 19.6. The SMILES string of the molecule is C[C@@H]1CN2C=C(c3cnn(CCC#N)c3)C=C(C(=O)N[C@H](C)c3cccc(C(F)(F)F)c3F)C2=N1. The fraction of sp³-hybridized carbons (Fsp3) is 0.333. The Morgan fingerprint density at radius 1 is 1.37 bits per heavy atom. The van der Waals surface area contributed by atoms with Crippen LogP contribution in [0.5, 0.6) is 0 Å². The van der Waals surface area contributed by atoms with Gasteiger partial charge >= 0.3 is 6.18 Å². The van der Waals surface area contributed by atoms with Crippen LogP contribution in [0, 0.1) is 17.1 Å². The van der Waals surface area contributed by atoms with Gasteiger partial charge in [0.1, 0.15) is 11.7 Å². The molecule has 0 unspecified atom stereocenters. The van der Waals surface area contributed by atoms with Crippen molar-refractivity contribution in [2.75, 3.05) is 6.54 Å². The first-order chi connectivity index (χ1) is 16.6. The van der Waals surface area contributed by atoms with Crippen molar-refractivity contribution in [1.29, 1.82) is 5.26 Å². The zero-order valence-electron chi connectivity index (χ0n) is 19.0. The number of nitrogens with zero attached hydrogens (tertiary/aromatic N) is 5. The number of carbonyl (C=O) groups excluding carboxylic acids is 1. The third kappa shape index (κ3) is 4.96. The minimum Gasteiger partial charge on any atom is -0.345 e. The Morgan fingerprint density at radius 3 is 2.86 bits per heavy atom. The number of halogens is 4. The minimum atomic E-state index is -4.84. The van der Waals surface area contributed by atoms with Crippen molar-refractivity contribution < 1.29 is 22.4 Å². The van der Waals surface area contributed by atoms with E-state index in [1.165, 1.54) is 13.0 Å². The van der Waals surface area contributed by atoms with Gasteiger partial charge in [0.05, 0.1) is 48.5 Å². The molecule has 3 heterocycles. The van der Waals surface area contributed by atoms with Gasteiger partial charge in [0.25, 0.3) is 5.91 Å². The summed E-state index contributed by atoms with van der Waals surface area (Å²) in [5.41, 5.74) is -0.0199. The van der Waals surface area contributed by atoms with Crippen molar-refractivity contribution >= 4 is 17.3 Å². The van der Waals surface area contributed by atoms with Gasteiger partial charge in [-0.25, -0.2) is 4.39 Å². The second kappa shape index (κ2) is 9.37. The van der Waals surface area contributed by atoms with Gasteiger partial charge in [-0.3, -0.25) is 14.5 Å². The lowest BCUT2D eigenvalue weighted by Gasteiger charge is -2.25. The van der Waals surface area contributed by atoms with Crippen LogP contribution >= 0.6 is 0 Å². The fourth-order valence-corrected chi connectivity index (χ4v) is 4.04. The highest BCUT2D eigenvalue weighted by Gasteiger charge is 2.36. The average Bonchev–Trinajstić information content (AvgIpc) is 3.41. The Kier molecular flexibility index (Phi) is 6.47. The van der Waals surface area contributed by atoms with Gasteiger partial charge < -0.3 is 10.2 Å². The molecule has 0 spiro atoms. The Hall–Kier alpha value is -3.94. The lowest BCUT2D eigenvalue weighted by molar-refractivity contribution is -0.140. The number of aliphatic imine (C=N–C) groups is 1. The van der Waals surface area contributed by atoms with Crippen LogP contribution in [0.25, 0.3) is 5.57 Å². The van der Waals surface area contributed by atoms with Crippen molar-refractivity contribution in [3.05, 3.63) is 70.9 Å². The third-order valence-electron chi connectivity index (χ3n) is 5.72. The summed E-state index contributed by atoms with van der Waals surface area (Å²) in [6.45, 7) is 4.29. The highest BCUT2D eigenvalue weighted by Crippen LogP contribution is 2.34. The number of amidine groups is 1. The number of rotatable bonds is 6. The first kappa shape index (κ1) is 24.2. The maximum atomic E-state index is 14.6. The standard InChI is InChI=1S/C24H22F4N6O/c1-14-11-33-12-16(17-10-30-34(13-17)8-4-7-29)9-19(22(33)31-14)23(35)32-15(2)18-5-3-6-20(21(18)25)24(26,27)28/h3,5-6,9-10,12-15H,4,8,11H2,1-2H3,(H,32,35)/t14-,15-/m1/s1. The van der Waals surface area contributed by atoms with E-state index in [1.807, 2.05) is 18.0 Å². The van der Waals surface area contributed by atoms with Crippen LogP contribution in [-0.2, 0) is 17.5 Å². The minimum absolute atomic E-state index is 0.0755. The number of nitrogens with one attached hydrogen (secondary N) is 1. The Bertz CT molecular complexity index is 1280. The summed E-state index contributed by atoms with van der Waals surface area (Å²) < 4.78 is 55.6. The highest BCUT2D eigenvalue weighted by atomic mass is 19.4. The number of benzene rings is 1. The molecule has 11 heteroatoms. The summed E-state index contributed by atoms with van der Waals surface area (Å²) in [6.07, 6.45) is 2.32. The molecule has 4 rings (SSSR count). The van der Waals surface area contributed by atoms with E-state index < -0.39 is 29.5 Å². The van der Waals surface area contributed by atoms with Gasteiger partial charge in [-0.05, 0) is 26.0 Å². The Morgan fingerprint density at radius 2 is 2.14 bits per heavy atom. The molecule has 7 nitrogen and oxygen atoms in total. The van der Waals surface area contributed by atoms with Gasteiger partial charge in [0.15, 0.2) is 0 Å². The van der Waals surface area contributed by atoms with Crippen LogP contribution < -0.4 is 5.32 Å². The van der Waals surface area contributed by atoms with Crippen molar-refractivity contribution in [2.45, 2.75) is 45.1 Å². The van der Waals surface area contributed by atoms with Crippen LogP contribution in [0.15, 0.2) is 53.4 Å². The highest BCUT2D eigenvalue weighted by molar-refractivity contribution is 6.24. The molecule has 1 amide bonds.